The van der Waals surface area contributed by atoms with Gasteiger partial charge in [-0.3, -0.25) is 28.0 Å². The first-order valence-corrected chi connectivity index (χ1v) is 13.7. The third-order valence-corrected chi connectivity index (χ3v) is 5.74. The molecule has 0 spiro atoms. The van der Waals surface area contributed by atoms with Gasteiger partial charge in [-0.15, -0.1) is 0 Å². The molecule has 4 atom stereocenters. The Balaban J connectivity index is 2.60. The first-order valence-electron chi connectivity index (χ1n) is 7.99. The smallest absolute Gasteiger partial charge is 0.374 e. The minimum Gasteiger partial charge on any atom is -0.374 e. The number of nitrogens with zero attached hydrogens (tertiary/aromatic N) is 1. The molecule has 0 aromatic carbocycles. The van der Waals surface area contributed by atoms with Crippen LogP contribution in [-0.2, 0) is 36.7 Å². The number of phosphoric acid groups is 2. The van der Waals surface area contributed by atoms with Crippen LogP contribution in [0.25, 0.3) is 0 Å². The summed E-state index contributed by atoms with van der Waals surface area (Å²) in [6.07, 6.45) is -3.49. The number of aromatic nitrogens is 2. The van der Waals surface area contributed by atoms with Crippen molar-refractivity contribution in [1.29, 1.82) is 0 Å². The fourth-order valence-electron chi connectivity index (χ4n) is 2.85. The van der Waals surface area contributed by atoms with E-state index < -0.39 is 71.4 Å². The number of aromatic amines is 1. The van der Waals surface area contributed by atoms with Crippen molar-refractivity contribution in [3.8, 4) is 0 Å². The zero-order valence-corrected chi connectivity index (χ0v) is 19.1. The third-order valence-electron chi connectivity index (χ3n) is 4.03. The summed E-state index contributed by atoms with van der Waals surface area (Å²) in [6.45, 7) is -2.20. The van der Waals surface area contributed by atoms with E-state index in [0.717, 1.165) is 23.9 Å². The van der Waals surface area contributed by atoms with Crippen molar-refractivity contribution >= 4 is 35.1 Å². The van der Waals surface area contributed by atoms with Crippen LogP contribution >= 0.6 is 35.1 Å². The molecule has 16 nitrogen and oxygen atoms in total. The van der Waals surface area contributed by atoms with Crippen LogP contribution in [0.3, 0.4) is 0 Å². The Labute approximate surface area is 178 Å². The van der Waals surface area contributed by atoms with Crippen molar-refractivity contribution in [2.45, 2.75) is 24.0 Å². The summed E-state index contributed by atoms with van der Waals surface area (Å²) in [7, 11) is -12.3. The molecular formula is C11H19N2O14P3S. The van der Waals surface area contributed by atoms with E-state index in [9.17, 15) is 23.3 Å². The van der Waals surface area contributed by atoms with Crippen LogP contribution in [-0.4, -0.2) is 67.3 Å². The second-order valence-corrected chi connectivity index (χ2v) is 10.5. The van der Waals surface area contributed by atoms with E-state index in [4.69, 9.17) is 33.6 Å². The van der Waals surface area contributed by atoms with Crippen LogP contribution < -0.4 is 11.2 Å². The topological polar surface area (TPSA) is 233 Å². The molecular weight excluding hydrogens is 509 g/mol. The van der Waals surface area contributed by atoms with Crippen molar-refractivity contribution < 1.29 is 56.3 Å². The Morgan fingerprint density at radius 3 is 2.19 bits per heavy atom. The Kier molecular flexibility index (Phi) is 8.67. The monoisotopic (exact) mass is 528 g/mol. The molecule has 1 aromatic rings. The zero-order chi connectivity index (χ0) is 23.6. The van der Waals surface area contributed by atoms with Gasteiger partial charge in [0.25, 0.3) is 5.56 Å². The Hall–Kier alpha value is -0.640. The molecule has 2 rings (SSSR count). The number of H-pyrrole nitrogens is 1. The largest absolute Gasteiger partial charge is 0.469 e. The van der Waals surface area contributed by atoms with Gasteiger partial charge in [0.2, 0.25) is 7.23 Å². The van der Waals surface area contributed by atoms with Gasteiger partial charge in [-0.25, -0.2) is 13.9 Å². The predicted molar refractivity (Wildman–Crippen MR) is 104 cm³/mol. The number of hydrogen-bond donors (Lipinski definition) is 6. The van der Waals surface area contributed by atoms with E-state index in [2.05, 4.69) is 21.3 Å². The molecule has 1 aliphatic rings. The maximum Gasteiger partial charge on any atom is 0.469 e. The van der Waals surface area contributed by atoms with Crippen LogP contribution in [0.5, 0.6) is 0 Å². The summed E-state index contributed by atoms with van der Waals surface area (Å²) < 4.78 is 59.9. The second kappa shape index (κ2) is 10.1. The van der Waals surface area contributed by atoms with Crippen molar-refractivity contribution in [1.82, 2.24) is 9.55 Å². The molecule has 1 aromatic heterocycles. The lowest BCUT2D eigenvalue weighted by molar-refractivity contribution is -0.142. The molecule has 0 amide bonds. The fourth-order valence-corrected chi connectivity index (χ4v) is 4.53. The van der Waals surface area contributed by atoms with Crippen LogP contribution in [0.4, 0.5) is 0 Å². The van der Waals surface area contributed by atoms with Gasteiger partial charge in [0.05, 0.1) is 13.2 Å². The number of rotatable bonds is 10. The molecule has 0 aliphatic carbocycles. The molecule has 2 unspecified atom stereocenters. The summed E-state index contributed by atoms with van der Waals surface area (Å²) in [5.74, 6) is 0. The lowest BCUT2D eigenvalue weighted by Crippen LogP contribution is -2.51. The number of nitrogens with one attached hydrogen (secondary N) is 1. The quantitative estimate of drug-likeness (QED) is 0.154. The van der Waals surface area contributed by atoms with Gasteiger partial charge in [0, 0.05) is 19.4 Å². The highest BCUT2D eigenvalue weighted by Crippen LogP contribution is 2.49. The lowest BCUT2D eigenvalue weighted by atomic mass is 9.97. The lowest BCUT2D eigenvalue weighted by Gasteiger charge is -2.33. The molecule has 5 N–H and O–H groups in total. The summed E-state index contributed by atoms with van der Waals surface area (Å²) in [5.41, 5.74) is -3.99. The van der Waals surface area contributed by atoms with E-state index in [0.29, 0.717) is 0 Å². The van der Waals surface area contributed by atoms with E-state index in [1.165, 1.54) is 0 Å². The minimum atomic E-state index is -5.15. The SMILES string of the molecule is COC1[C@H](n2ccc(=O)[nH]c2=O)OC(COP(=O)(O)O)(COP(=O)(O)O)[C@@H]1O[PH](=O)S. The van der Waals surface area contributed by atoms with Gasteiger partial charge >= 0.3 is 21.3 Å². The number of ether oxygens (including phenoxy) is 2. The maximum atomic E-state index is 12.2. The molecule has 2 heterocycles. The van der Waals surface area contributed by atoms with E-state index in [-0.39, 0.29) is 0 Å². The van der Waals surface area contributed by atoms with Gasteiger partial charge in [-0.2, -0.15) is 0 Å². The van der Waals surface area contributed by atoms with E-state index in [1.807, 2.05) is 4.98 Å². The maximum absolute atomic E-state index is 12.2. The molecule has 31 heavy (non-hydrogen) atoms. The summed E-state index contributed by atoms with van der Waals surface area (Å²) in [6, 6.07) is 0.951. The van der Waals surface area contributed by atoms with E-state index in [1.54, 1.807) is 0 Å². The highest BCUT2D eigenvalue weighted by atomic mass is 32.7. The van der Waals surface area contributed by atoms with Gasteiger partial charge < -0.3 is 33.6 Å². The molecule has 0 bridgehead atoms. The molecule has 0 saturated carbocycles. The van der Waals surface area contributed by atoms with Crippen LogP contribution in [0.15, 0.2) is 21.9 Å². The Bertz CT molecular complexity index is 989. The summed E-state index contributed by atoms with van der Waals surface area (Å²) >= 11 is 3.64. The highest BCUT2D eigenvalue weighted by molar-refractivity contribution is 8.39. The molecule has 0 radical (unpaired) electrons. The van der Waals surface area contributed by atoms with Gasteiger partial charge in [-0.1, -0.05) is 12.2 Å². The van der Waals surface area contributed by atoms with Crippen LogP contribution in [0.1, 0.15) is 6.23 Å². The molecule has 20 heteroatoms. The number of methoxy groups -OCH3 is 1. The normalized spacial score (nSPS) is 24.9. The third kappa shape index (κ3) is 7.17. The van der Waals surface area contributed by atoms with Crippen molar-refractivity contribution in [3.05, 3.63) is 33.1 Å². The first kappa shape index (κ1) is 26.6. The van der Waals surface area contributed by atoms with Gasteiger partial charge in [0.15, 0.2) is 6.23 Å². The average Bonchev–Trinajstić information content (AvgIpc) is 2.90. The molecule has 1 aliphatic heterocycles. The zero-order valence-electron chi connectivity index (χ0n) is 15.5. The van der Waals surface area contributed by atoms with Crippen LogP contribution in [0.2, 0.25) is 0 Å². The van der Waals surface area contributed by atoms with Crippen LogP contribution in [0, 0.1) is 0 Å². The highest BCUT2D eigenvalue weighted by Gasteiger charge is 2.59. The van der Waals surface area contributed by atoms with Crippen molar-refractivity contribution in [2.75, 3.05) is 20.3 Å². The molecule has 1 saturated heterocycles. The number of hydrogen-bond acceptors (Lipinski definition) is 10. The first-order chi connectivity index (χ1) is 14.2. The molecule has 178 valence electrons. The average molecular weight is 528 g/mol. The number of phosphoric ester groups is 2. The second-order valence-electron chi connectivity index (χ2n) is 6.12. The standard InChI is InChI=1S/C11H19N2O14P3S/c1-23-7-8(27-28(16)31)11(4-24-29(17,18)19,5-25-30(20,21)22)26-9(7)13-3-2-6(14)12-10(13)15/h2-3,7-9,28H,4-5H2,1H3,(H,16,31)(H,12,14,15)(H2,17,18,19)(H2,20,21,22)/t7?,8-,9-/m1/s1. The Morgan fingerprint density at radius 1 is 1.23 bits per heavy atom. The van der Waals surface area contributed by atoms with Gasteiger partial charge in [-0.05, 0) is 0 Å². The summed E-state index contributed by atoms with van der Waals surface area (Å²) in [4.78, 5) is 61.8. The Morgan fingerprint density at radius 2 is 1.77 bits per heavy atom. The van der Waals surface area contributed by atoms with Crippen molar-refractivity contribution in [2.24, 2.45) is 0 Å². The van der Waals surface area contributed by atoms with E-state index >= 15 is 0 Å². The summed E-state index contributed by atoms with van der Waals surface area (Å²) in [5, 5.41) is 0. The minimum absolute atomic E-state index is 0.748. The predicted octanol–water partition coefficient (Wildman–Crippen LogP) is -1.26. The van der Waals surface area contributed by atoms with Gasteiger partial charge in [0.1, 0.15) is 17.8 Å². The van der Waals surface area contributed by atoms with Crippen molar-refractivity contribution in [3.63, 3.8) is 0 Å². The number of thiol groups is 1. The molecule has 1 fully saturated rings. The fraction of sp³-hybridized carbons (Fsp3) is 0.636.